The number of rotatable bonds is 1. The number of piperidine rings is 1. The normalized spacial score (nSPS) is 48.1. The Balaban J connectivity index is 2.12. The standard InChI is InChI=1S/C8H13NO2/c1-5-2-6-4-8(3-5,9-6)7(10)11/h5-6,9H,2-4H2,1H3,(H,10,11)/t5-,6?,8+/m1/s1. The molecule has 1 aliphatic carbocycles. The van der Waals surface area contributed by atoms with Gasteiger partial charge in [-0.05, 0) is 25.2 Å². The largest absolute Gasteiger partial charge is 0.480 e. The van der Waals surface area contributed by atoms with Gasteiger partial charge in [-0.15, -0.1) is 0 Å². The van der Waals surface area contributed by atoms with Crippen LogP contribution in [0.1, 0.15) is 26.2 Å². The molecule has 2 N–H and O–H groups in total. The van der Waals surface area contributed by atoms with Gasteiger partial charge < -0.3 is 5.11 Å². The summed E-state index contributed by atoms with van der Waals surface area (Å²) in [5, 5.41) is 12.0. The highest BCUT2D eigenvalue weighted by Gasteiger charge is 2.54. The number of hydrogen-bond donors (Lipinski definition) is 2. The van der Waals surface area contributed by atoms with Gasteiger partial charge in [-0.2, -0.15) is 0 Å². The average molecular weight is 155 g/mol. The Labute approximate surface area is 65.8 Å². The molecule has 1 saturated carbocycles. The third-order valence-corrected chi connectivity index (χ3v) is 2.87. The lowest BCUT2D eigenvalue weighted by molar-refractivity contribution is -0.154. The zero-order valence-corrected chi connectivity index (χ0v) is 6.63. The van der Waals surface area contributed by atoms with Crippen LogP contribution < -0.4 is 5.32 Å². The Morgan fingerprint density at radius 1 is 1.64 bits per heavy atom. The summed E-state index contributed by atoms with van der Waals surface area (Å²) in [5.41, 5.74) is -0.539. The number of aliphatic carboxylic acids is 1. The molecule has 0 aromatic rings. The molecule has 3 nitrogen and oxygen atoms in total. The van der Waals surface area contributed by atoms with Crippen molar-refractivity contribution < 1.29 is 9.90 Å². The summed E-state index contributed by atoms with van der Waals surface area (Å²) >= 11 is 0. The van der Waals surface area contributed by atoms with Gasteiger partial charge in [-0.3, -0.25) is 10.1 Å². The van der Waals surface area contributed by atoms with Crippen molar-refractivity contribution in [3.05, 3.63) is 0 Å². The first kappa shape index (κ1) is 7.10. The Morgan fingerprint density at radius 2 is 2.27 bits per heavy atom. The lowest BCUT2D eigenvalue weighted by atomic mass is 9.66. The smallest absolute Gasteiger partial charge is 0.323 e. The van der Waals surface area contributed by atoms with E-state index in [1.807, 2.05) is 0 Å². The molecule has 2 heterocycles. The Morgan fingerprint density at radius 3 is 2.64 bits per heavy atom. The number of carboxylic acids is 1. The molecular weight excluding hydrogens is 142 g/mol. The molecule has 2 saturated heterocycles. The van der Waals surface area contributed by atoms with Crippen molar-refractivity contribution in [1.82, 2.24) is 5.32 Å². The molecule has 3 aliphatic rings. The van der Waals surface area contributed by atoms with Gasteiger partial charge in [-0.25, -0.2) is 0 Å². The summed E-state index contributed by atoms with van der Waals surface area (Å²) in [6.45, 7) is 2.13. The molecule has 0 amide bonds. The molecule has 0 radical (unpaired) electrons. The quantitative estimate of drug-likeness (QED) is 0.583. The van der Waals surface area contributed by atoms with Gasteiger partial charge in [-0.1, -0.05) is 6.92 Å². The summed E-state index contributed by atoms with van der Waals surface area (Å²) in [7, 11) is 0. The highest BCUT2D eigenvalue weighted by Crippen LogP contribution is 2.41. The first-order chi connectivity index (χ1) is 5.12. The second-order valence-electron chi connectivity index (χ2n) is 3.98. The van der Waals surface area contributed by atoms with E-state index in [0.29, 0.717) is 12.0 Å². The molecule has 62 valence electrons. The van der Waals surface area contributed by atoms with Gasteiger partial charge in [0.2, 0.25) is 0 Å². The zero-order chi connectivity index (χ0) is 8.06. The van der Waals surface area contributed by atoms with Gasteiger partial charge in [0.05, 0.1) is 0 Å². The van der Waals surface area contributed by atoms with Crippen molar-refractivity contribution in [3.63, 3.8) is 0 Å². The summed E-state index contributed by atoms with van der Waals surface area (Å²) in [4.78, 5) is 10.8. The molecule has 3 fully saturated rings. The number of carbonyl (C=O) groups is 1. The molecule has 0 spiro atoms. The van der Waals surface area contributed by atoms with Crippen LogP contribution in [0.3, 0.4) is 0 Å². The van der Waals surface area contributed by atoms with Gasteiger partial charge in [0.15, 0.2) is 0 Å². The van der Waals surface area contributed by atoms with Crippen LogP contribution in [0.15, 0.2) is 0 Å². The molecule has 11 heavy (non-hydrogen) atoms. The van der Waals surface area contributed by atoms with E-state index in [2.05, 4.69) is 12.2 Å². The van der Waals surface area contributed by atoms with Crippen LogP contribution >= 0.6 is 0 Å². The van der Waals surface area contributed by atoms with Crippen LogP contribution in [0.2, 0.25) is 0 Å². The van der Waals surface area contributed by atoms with E-state index in [1.165, 1.54) is 0 Å². The molecule has 1 unspecified atom stereocenters. The zero-order valence-electron chi connectivity index (χ0n) is 6.63. The van der Waals surface area contributed by atoms with Crippen LogP contribution in [0.5, 0.6) is 0 Å². The van der Waals surface area contributed by atoms with Gasteiger partial charge in [0.1, 0.15) is 5.54 Å². The molecule has 2 bridgehead atoms. The molecule has 3 heteroatoms. The van der Waals surface area contributed by atoms with Crippen LogP contribution in [-0.4, -0.2) is 22.7 Å². The van der Waals surface area contributed by atoms with Crippen molar-refractivity contribution >= 4 is 5.97 Å². The van der Waals surface area contributed by atoms with Crippen molar-refractivity contribution in [2.45, 2.75) is 37.8 Å². The maximum absolute atomic E-state index is 10.8. The molecule has 0 aromatic carbocycles. The Bertz CT molecular complexity index is 196. The van der Waals surface area contributed by atoms with E-state index in [0.717, 1.165) is 19.3 Å². The fraction of sp³-hybridized carbons (Fsp3) is 0.875. The average Bonchev–Trinajstić information content (AvgIpc) is 1.83. The minimum atomic E-state index is -0.666. The number of fused-ring (bicyclic) bond motifs is 2. The van der Waals surface area contributed by atoms with E-state index in [1.54, 1.807) is 0 Å². The fourth-order valence-electron chi connectivity index (χ4n) is 2.48. The predicted octanol–water partition coefficient (Wildman–Crippen LogP) is 0.602. The summed E-state index contributed by atoms with van der Waals surface area (Å²) in [6.07, 6.45) is 2.79. The number of nitrogens with one attached hydrogen (secondary N) is 1. The monoisotopic (exact) mass is 155 g/mol. The van der Waals surface area contributed by atoms with Crippen molar-refractivity contribution in [2.75, 3.05) is 0 Å². The Kier molecular flexibility index (Phi) is 1.27. The van der Waals surface area contributed by atoms with E-state index in [9.17, 15) is 4.79 Å². The second kappa shape index (κ2) is 1.97. The van der Waals surface area contributed by atoms with Crippen LogP contribution in [0.4, 0.5) is 0 Å². The molecule has 2 aliphatic heterocycles. The van der Waals surface area contributed by atoms with Crippen molar-refractivity contribution in [2.24, 2.45) is 5.92 Å². The summed E-state index contributed by atoms with van der Waals surface area (Å²) in [5.74, 6) is -0.0913. The molecule has 0 aromatic heterocycles. The summed E-state index contributed by atoms with van der Waals surface area (Å²) < 4.78 is 0. The molecular formula is C8H13NO2. The van der Waals surface area contributed by atoms with E-state index in [-0.39, 0.29) is 0 Å². The maximum atomic E-state index is 10.8. The third-order valence-electron chi connectivity index (χ3n) is 2.87. The van der Waals surface area contributed by atoms with Crippen LogP contribution in [0, 0.1) is 5.92 Å². The van der Waals surface area contributed by atoms with Crippen molar-refractivity contribution in [3.8, 4) is 0 Å². The number of hydrogen-bond acceptors (Lipinski definition) is 2. The Hall–Kier alpha value is -0.570. The van der Waals surface area contributed by atoms with Gasteiger partial charge in [0.25, 0.3) is 0 Å². The van der Waals surface area contributed by atoms with E-state index in [4.69, 9.17) is 5.11 Å². The minimum absolute atomic E-state index is 0.481. The van der Waals surface area contributed by atoms with E-state index >= 15 is 0 Å². The van der Waals surface area contributed by atoms with Crippen LogP contribution in [0.25, 0.3) is 0 Å². The number of carboxylic acid groups (broad SMARTS) is 1. The predicted molar refractivity (Wildman–Crippen MR) is 40.3 cm³/mol. The second-order valence-corrected chi connectivity index (χ2v) is 3.98. The lowest BCUT2D eigenvalue weighted by Crippen LogP contribution is -2.71. The van der Waals surface area contributed by atoms with Gasteiger partial charge >= 0.3 is 5.97 Å². The van der Waals surface area contributed by atoms with Crippen molar-refractivity contribution in [1.29, 1.82) is 0 Å². The first-order valence-corrected chi connectivity index (χ1v) is 4.13. The third kappa shape index (κ3) is 0.872. The minimum Gasteiger partial charge on any atom is -0.480 e. The lowest BCUT2D eigenvalue weighted by Gasteiger charge is -2.53. The highest BCUT2D eigenvalue weighted by molar-refractivity contribution is 5.80. The van der Waals surface area contributed by atoms with Gasteiger partial charge in [0, 0.05) is 6.04 Å². The SMILES string of the molecule is C[C@@H]1CC2C[C@](C(=O)O)(C1)N2. The highest BCUT2D eigenvalue weighted by atomic mass is 16.4. The first-order valence-electron chi connectivity index (χ1n) is 4.13. The van der Waals surface area contributed by atoms with E-state index < -0.39 is 11.5 Å². The topological polar surface area (TPSA) is 49.3 Å². The molecule has 3 atom stereocenters. The van der Waals surface area contributed by atoms with Crippen LogP contribution in [-0.2, 0) is 4.79 Å². The fourth-order valence-corrected chi connectivity index (χ4v) is 2.48. The summed E-state index contributed by atoms with van der Waals surface area (Å²) in [6, 6.07) is 0.481. The maximum Gasteiger partial charge on any atom is 0.323 e. The molecule has 3 rings (SSSR count).